The highest BCUT2D eigenvalue weighted by Crippen LogP contribution is 2.23. The number of methoxy groups -OCH3 is 1. The molecule has 2 unspecified atom stereocenters. The Morgan fingerprint density at radius 3 is 2.86 bits per heavy atom. The third kappa shape index (κ3) is 4.40. The minimum absolute atomic E-state index is 0. The number of hydrogen-bond acceptors (Lipinski definition) is 6. The SMILES string of the molecule is COC(=O)c1sccc1S(=O)(=O)NC1CCNC(C)C1.Cl. The Balaban J connectivity index is 0.00000220. The minimum Gasteiger partial charge on any atom is -0.465 e. The van der Waals surface area contributed by atoms with E-state index in [1.165, 1.54) is 13.2 Å². The molecule has 0 amide bonds. The van der Waals surface area contributed by atoms with Gasteiger partial charge in [0.15, 0.2) is 0 Å². The number of halogens is 1. The van der Waals surface area contributed by atoms with Gasteiger partial charge in [-0.2, -0.15) is 0 Å². The fourth-order valence-electron chi connectivity index (χ4n) is 2.27. The van der Waals surface area contributed by atoms with Gasteiger partial charge < -0.3 is 10.1 Å². The quantitative estimate of drug-likeness (QED) is 0.798. The maximum atomic E-state index is 12.4. The van der Waals surface area contributed by atoms with Crippen LogP contribution in [0.2, 0.25) is 0 Å². The Hall–Kier alpha value is -0.670. The van der Waals surface area contributed by atoms with Crippen molar-refractivity contribution in [1.29, 1.82) is 0 Å². The largest absolute Gasteiger partial charge is 0.465 e. The average Bonchev–Trinajstić information content (AvgIpc) is 2.87. The van der Waals surface area contributed by atoms with E-state index in [4.69, 9.17) is 0 Å². The molecule has 21 heavy (non-hydrogen) atoms. The number of piperidine rings is 1. The molecule has 2 heterocycles. The first-order valence-electron chi connectivity index (χ1n) is 6.35. The van der Waals surface area contributed by atoms with Gasteiger partial charge in [-0.15, -0.1) is 23.7 Å². The maximum absolute atomic E-state index is 12.4. The molecule has 1 fully saturated rings. The number of hydrogen-bond donors (Lipinski definition) is 2. The van der Waals surface area contributed by atoms with E-state index in [0.29, 0.717) is 0 Å². The van der Waals surface area contributed by atoms with Gasteiger partial charge in [-0.1, -0.05) is 0 Å². The summed E-state index contributed by atoms with van der Waals surface area (Å²) in [7, 11) is -2.46. The average molecular weight is 355 g/mol. The van der Waals surface area contributed by atoms with Crippen molar-refractivity contribution in [3.63, 3.8) is 0 Å². The van der Waals surface area contributed by atoms with Crippen molar-refractivity contribution in [2.45, 2.75) is 36.7 Å². The highest BCUT2D eigenvalue weighted by Gasteiger charge is 2.28. The molecule has 2 atom stereocenters. The van der Waals surface area contributed by atoms with Crippen molar-refractivity contribution < 1.29 is 17.9 Å². The zero-order valence-corrected chi connectivity index (χ0v) is 14.2. The monoisotopic (exact) mass is 354 g/mol. The van der Waals surface area contributed by atoms with E-state index in [1.807, 2.05) is 6.92 Å². The van der Waals surface area contributed by atoms with Crippen LogP contribution < -0.4 is 10.0 Å². The van der Waals surface area contributed by atoms with Crippen molar-refractivity contribution in [2.24, 2.45) is 0 Å². The Labute approximate surface area is 134 Å². The van der Waals surface area contributed by atoms with Gasteiger partial charge in [-0.3, -0.25) is 0 Å². The second-order valence-corrected chi connectivity index (χ2v) is 7.40. The summed E-state index contributed by atoms with van der Waals surface area (Å²) in [5, 5.41) is 4.84. The van der Waals surface area contributed by atoms with Crippen molar-refractivity contribution in [2.75, 3.05) is 13.7 Å². The number of ether oxygens (including phenoxy) is 1. The predicted octanol–water partition coefficient (Wildman–Crippen LogP) is 1.38. The van der Waals surface area contributed by atoms with Crippen LogP contribution in [0, 0.1) is 0 Å². The van der Waals surface area contributed by atoms with Crippen LogP contribution in [0.3, 0.4) is 0 Å². The summed E-state index contributed by atoms with van der Waals surface area (Å²) in [6.07, 6.45) is 1.47. The highest BCUT2D eigenvalue weighted by atomic mass is 35.5. The van der Waals surface area contributed by atoms with Gasteiger partial charge in [-0.05, 0) is 37.8 Å². The molecule has 120 valence electrons. The topological polar surface area (TPSA) is 84.5 Å². The lowest BCUT2D eigenvalue weighted by molar-refractivity contribution is 0.0602. The molecular formula is C12H19ClN2O4S2. The van der Waals surface area contributed by atoms with Gasteiger partial charge in [0.2, 0.25) is 10.0 Å². The Kier molecular flexibility index (Phi) is 6.61. The van der Waals surface area contributed by atoms with E-state index in [0.717, 1.165) is 30.7 Å². The summed E-state index contributed by atoms with van der Waals surface area (Å²) in [6, 6.07) is 1.60. The zero-order valence-electron chi connectivity index (χ0n) is 11.8. The molecule has 0 saturated carbocycles. The van der Waals surface area contributed by atoms with Gasteiger partial charge in [0.25, 0.3) is 0 Å². The molecule has 1 aromatic heterocycles. The van der Waals surface area contributed by atoms with E-state index in [2.05, 4.69) is 14.8 Å². The fraction of sp³-hybridized carbons (Fsp3) is 0.583. The van der Waals surface area contributed by atoms with Crippen LogP contribution in [0.25, 0.3) is 0 Å². The van der Waals surface area contributed by atoms with Gasteiger partial charge in [0, 0.05) is 12.1 Å². The van der Waals surface area contributed by atoms with Crippen LogP contribution in [-0.2, 0) is 14.8 Å². The zero-order chi connectivity index (χ0) is 14.8. The van der Waals surface area contributed by atoms with Crippen molar-refractivity contribution in [3.8, 4) is 0 Å². The summed E-state index contributed by atoms with van der Waals surface area (Å²) in [5.41, 5.74) is 0. The van der Waals surface area contributed by atoms with E-state index in [9.17, 15) is 13.2 Å². The number of thiophene rings is 1. The number of carbonyl (C=O) groups is 1. The Bertz CT molecular complexity index is 588. The molecule has 0 spiro atoms. The highest BCUT2D eigenvalue weighted by molar-refractivity contribution is 7.89. The predicted molar refractivity (Wildman–Crippen MR) is 83.7 cm³/mol. The molecule has 1 aromatic rings. The molecule has 2 N–H and O–H groups in total. The third-order valence-electron chi connectivity index (χ3n) is 3.23. The Morgan fingerprint density at radius 1 is 1.52 bits per heavy atom. The van der Waals surface area contributed by atoms with Crippen LogP contribution in [-0.4, -0.2) is 40.1 Å². The lowest BCUT2D eigenvalue weighted by Gasteiger charge is -2.28. The fourth-order valence-corrected chi connectivity index (χ4v) is 4.89. The van der Waals surface area contributed by atoms with E-state index >= 15 is 0 Å². The molecule has 0 aromatic carbocycles. The van der Waals surface area contributed by atoms with Crippen LogP contribution >= 0.6 is 23.7 Å². The van der Waals surface area contributed by atoms with E-state index < -0.39 is 16.0 Å². The number of nitrogens with one attached hydrogen (secondary N) is 2. The first kappa shape index (κ1) is 18.4. The number of rotatable bonds is 4. The van der Waals surface area contributed by atoms with Crippen molar-refractivity contribution >= 4 is 39.7 Å². The van der Waals surface area contributed by atoms with Crippen molar-refractivity contribution in [1.82, 2.24) is 10.0 Å². The molecule has 6 nitrogen and oxygen atoms in total. The molecule has 1 aliphatic rings. The van der Waals surface area contributed by atoms with Gasteiger partial charge in [-0.25, -0.2) is 17.9 Å². The molecule has 0 bridgehead atoms. The molecule has 0 aliphatic carbocycles. The van der Waals surface area contributed by atoms with E-state index in [-0.39, 0.29) is 34.3 Å². The van der Waals surface area contributed by atoms with Gasteiger partial charge in [0.05, 0.1) is 7.11 Å². The summed E-state index contributed by atoms with van der Waals surface area (Å²) >= 11 is 1.07. The van der Waals surface area contributed by atoms with Crippen LogP contribution in [0.4, 0.5) is 0 Å². The van der Waals surface area contributed by atoms with E-state index in [1.54, 1.807) is 5.38 Å². The molecule has 9 heteroatoms. The maximum Gasteiger partial charge on any atom is 0.349 e. The lowest BCUT2D eigenvalue weighted by atomic mass is 10.0. The summed E-state index contributed by atoms with van der Waals surface area (Å²) in [6.45, 7) is 2.80. The molecule has 1 aliphatic heterocycles. The summed E-state index contributed by atoms with van der Waals surface area (Å²) in [5.74, 6) is -0.626. The first-order valence-corrected chi connectivity index (χ1v) is 8.72. The minimum atomic E-state index is -3.69. The lowest BCUT2D eigenvalue weighted by Crippen LogP contribution is -2.46. The van der Waals surface area contributed by atoms with Crippen LogP contribution in [0.15, 0.2) is 16.3 Å². The standard InChI is InChI=1S/C12H18N2O4S2.ClH/c1-8-7-9(3-5-13-8)14-20(16,17)10-4-6-19-11(10)12(15)18-2;/h4,6,8-9,13-14H,3,5,7H2,1-2H3;1H. The number of esters is 1. The molecular weight excluding hydrogens is 336 g/mol. The number of sulfonamides is 1. The molecule has 0 radical (unpaired) electrons. The van der Waals surface area contributed by atoms with Crippen LogP contribution in [0.1, 0.15) is 29.4 Å². The molecule has 1 saturated heterocycles. The van der Waals surface area contributed by atoms with Crippen molar-refractivity contribution in [3.05, 3.63) is 16.3 Å². The smallest absolute Gasteiger partial charge is 0.349 e. The second kappa shape index (κ2) is 7.55. The number of carbonyl (C=O) groups excluding carboxylic acids is 1. The van der Waals surface area contributed by atoms with Crippen LogP contribution in [0.5, 0.6) is 0 Å². The summed E-state index contributed by atoms with van der Waals surface area (Å²) < 4.78 is 32.0. The molecule has 2 rings (SSSR count). The second-order valence-electron chi connectivity index (χ2n) is 4.80. The Morgan fingerprint density at radius 2 is 2.24 bits per heavy atom. The van der Waals surface area contributed by atoms with Gasteiger partial charge in [0.1, 0.15) is 9.77 Å². The van der Waals surface area contributed by atoms with Gasteiger partial charge >= 0.3 is 5.97 Å². The normalized spacial score (nSPS) is 22.4. The first-order chi connectivity index (χ1) is 9.44. The summed E-state index contributed by atoms with van der Waals surface area (Å²) in [4.78, 5) is 11.7. The third-order valence-corrected chi connectivity index (χ3v) is 5.82.